The van der Waals surface area contributed by atoms with E-state index in [9.17, 15) is 9.00 Å². The van der Waals surface area contributed by atoms with Crippen molar-refractivity contribution in [2.75, 3.05) is 17.3 Å². The molecule has 0 amide bonds. The molecule has 6 nitrogen and oxygen atoms in total. The number of nitrogens with zero attached hydrogens (tertiary/aromatic N) is 2. The van der Waals surface area contributed by atoms with Crippen molar-refractivity contribution in [2.45, 2.75) is 19.4 Å². The summed E-state index contributed by atoms with van der Waals surface area (Å²) < 4.78 is 10.9. The van der Waals surface area contributed by atoms with Crippen molar-refractivity contribution in [3.63, 3.8) is 0 Å². The molecule has 0 aliphatic carbocycles. The summed E-state index contributed by atoms with van der Waals surface area (Å²) in [6, 6.07) is 1.39. The molecule has 2 unspecified atom stereocenters. The number of carboxylic acid groups (broad SMARTS) is 1. The van der Waals surface area contributed by atoms with Crippen LogP contribution < -0.4 is 5.32 Å². The van der Waals surface area contributed by atoms with Crippen LogP contribution in [0.15, 0.2) is 12.3 Å². The molecule has 0 aliphatic heterocycles. The highest BCUT2D eigenvalue weighted by atomic mass is 32.2. The van der Waals surface area contributed by atoms with Gasteiger partial charge in [0.1, 0.15) is 5.56 Å². The minimum Gasteiger partial charge on any atom is -0.478 e. The molecular formula is C10H15N3O3S. The van der Waals surface area contributed by atoms with Crippen molar-refractivity contribution in [1.29, 1.82) is 0 Å². The SMILES string of the molecule is CC(CCS(C)=O)Nc1nnccc1C(=O)O. The van der Waals surface area contributed by atoms with Crippen LogP contribution in [0.25, 0.3) is 0 Å². The molecule has 1 aromatic rings. The van der Waals surface area contributed by atoms with E-state index in [0.29, 0.717) is 12.2 Å². The molecule has 0 aliphatic rings. The van der Waals surface area contributed by atoms with Crippen LogP contribution >= 0.6 is 0 Å². The van der Waals surface area contributed by atoms with E-state index in [1.54, 1.807) is 6.26 Å². The predicted molar refractivity (Wildman–Crippen MR) is 65.6 cm³/mol. The third-order valence-corrected chi connectivity index (χ3v) is 2.98. The maximum absolute atomic E-state index is 10.9. The van der Waals surface area contributed by atoms with E-state index in [1.807, 2.05) is 6.92 Å². The van der Waals surface area contributed by atoms with E-state index in [1.165, 1.54) is 12.3 Å². The van der Waals surface area contributed by atoms with Crippen LogP contribution in [0.1, 0.15) is 23.7 Å². The molecule has 0 saturated carbocycles. The number of anilines is 1. The molecule has 2 atom stereocenters. The summed E-state index contributed by atoms with van der Waals surface area (Å²) in [6.45, 7) is 1.88. The molecule has 2 N–H and O–H groups in total. The number of hydrogen-bond acceptors (Lipinski definition) is 5. The van der Waals surface area contributed by atoms with Crippen molar-refractivity contribution in [3.8, 4) is 0 Å². The Hall–Kier alpha value is -1.50. The first-order valence-corrected chi connectivity index (χ1v) is 6.85. The van der Waals surface area contributed by atoms with Gasteiger partial charge in [-0.25, -0.2) is 4.79 Å². The first-order chi connectivity index (χ1) is 8.00. The van der Waals surface area contributed by atoms with Crippen molar-refractivity contribution >= 4 is 22.6 Å². The summed E-state index contributed by atoms with van der Waals surface area (Å²) in [6.07, 6.45) is 3.65. The number of aromatic nitrogens is 2. The van der Waals surface area contributed by atoms with Crippen LogP contribution in [0.5, 0.6) is 0 Å². The van der Waals surface area contributed by atoms with Gasteiger partial charge in [0.2, 0.25) is 0 Å². The fourth-order valence-electron chi connectivity index (χ4n) is 1.26. The van der Waals surface area contributed by atoms with Crippen LogP contribution in [0.2, 0.25) is 0 Å². The lowest BCUT2D eigenvalue weighted by Crippen LogP contribution is -2.20. The quantitative estimate of drug-likeness (QED) is 0.781. The molecule has 94 valence electrons. The van der Waals surface area contributed by atoms with Crippen LogP contribution in [-0.2, 0) is 10.8 Å². The fraction of sp³-hybridized carbons (Fsp3) is 0.500. The summed E-state index contributed by atoms with van der Waals surface area (Å²) in [4.78, 5) is 10.9. The summed E-state index contributed by atoms with van der Waals surface area (Å²) in [7, 11) is -0.851. The van der Waals surface area contributed by atoms with Crippen molar-refractivity contribution in [1.82, 2.24) is 10.2 Å². The van der Waals surface area contributed by atoms with Crippen LogP contribution in [0.3, 0.4) is 0 Å². The molecule has 0 aromatic carbocycles. The van der Waals surface area contributed by atoms with Gasteiger partial charge in [-0.1, -0.05) is 0 Å². The van der Waals surface area contributed by atoms with Gasteiger partial charge in [0.15, 0.2) is 5.82 Å². The Balaban J connectivity index is 2.67. The van der Waals surface area contributed by atoms with Crippen molar-refractivity contribution in [2.24, 2.45) is 0 Å². The second-order valence-corrected chi connectivity index (χ2v) is 5.26. The number of carboxylic acids is 1. The Morgan fingerprint density at radius 3 is 2.94 bits per heavy atom. The molecule has 0 bridgehead atoms. The van der Waals surface area contributed by atoms with Gasteiger partial charge < -0.3 is 10.4 Å². The van der Waals surface area contributed by atoms with E-state index in [2.05, 4.69) is 15.5 Å². The van der Waals surface area contributed by atoms with Gasteiger partial charge in [-0.2, -0.15) is 5.10 Å². The molecule has 0 spiro atoms. The third-order valence-electron chi connectivity index (χ3n) is 2.17. The number of rotatable bonds is 6. The summed E-state index contributed by atoms with van der Waals surface area (Å²) in [5, 5.41) is 19.3. The zero-order valence-electron chi connectivity index (χ0n) is 9.71. The summed E-state index contributed by atoms with van der Waals surface area (Å²) in [5.41, 5.74) is 0.0875. The lowest BCUT2D eigenvalue weighted by atomic mass is 10.2. The molecule has 7 heteroatoms. The Bertz CT molecular complexity index is 425. The lowest BCUT2D eigenvalue weighted by Gasteiger charge is -2.14. The predicted octanol–water partition coefficient (Wildman–Crippen LogP) is 0.744. The minimum atomic E-state index is -1.05. The largest absolute Gasteiger partial charge is 0.478 e. The van der Waals surface area contributed by atoms with E-state index < -0.39 is 16.8 Å². The van der Waals surface area contributed by atoms with Gasteiger partial charge in [0.25, 0.3) is 0 Å². The Morgan fingerprint density at radius 1 is 1.65 bits per heavy atom. The van der Waals surface area contributed by atoms with Gasteiger partial charge in [0.05, 0.1) is 6.20 Å². The number of aromatic carboxylic acids is 1. The van der Waals surface area contributed by atoms with Gasteiger partial charge in [-0.15, -0.1) is 5.10 Å². The monoisotopic (exact) mass is 257 g/mol. The lowest BCUT2D eigenvalue weighted by molar-refractivity contribution is 0.0697. The summed E-state index contributed by atoms with van der Waals surface area (Å²) >= 11 is 0. The fourth-order valence-corrected chi connectivity index (χ4v) is 1.94. The van der Waals surface area contributed by atoms with E-state index in [4.69, 9.17) is 5.11 Å². The normalized spacial score (nSPS) is 14.0. The number of carbonyl (C=O) groups is 1. The van der Waals surface area contributed by atoms with Crippen LogP contribution in [-0.4, -0.2) is 43.5 Å². The van der Waals surface area contributed by atoms with Crippen molar-refractivity contribution < 1.29 is 14.1 Å². The van der Waals surface area contributed by atoms with E-state index in [0.717, 1.165) is 0 Å². The Kier molecular flexibility index (Phi) is 5.02. The highest BCUT2D eigenvalue weighted by Gasteiger charge is 2.13. The highest BCUT2D eigenvalue weighted by molar-refractivity contribution is 7.84. The van der Waals surface area contributed by atoms with Gasteiger partial charge in [0, 0.05) is 28.9 Å². The second kappa shape index (κ2) is 6.29. The Morgan fingerprint density at radius 2 is 2.35 bits per heavy atom. The molecular weight excluding hydrogens is 242 g/mol. The highest BCUT2D eigenvalue weighted by Crippen LogP contribution is 2.12. The summed E-state index contributed by atoms with van der Waals surface area (Å²) in [5.74, 6) is -0.236. The molecule has 1 rings (SSSR count). The maximum atomic E-state index is 10.9. The molecule has 1 aromatic heterocycles. The number of hydrogen-bond donors (Lipinski definition) is 2. The van der Waals surface area contributed by atoms with Crippen LogP contribution in [0.4, 0.5) is 5.82 Å². The van der Waals surface area contributed by atoms with Gasteiger partial charge in [-0.05, 0) is 19.4 Å². The molecule has 1 heterocycles. The second-order valence-electron chi connectivity index (χ2n) is 3.71. The van der Waals surface area contributed by atoms with Gasteiger partial charge >= 0.3 is 5.97 Å². The van der Waals surface area contributed by atoms with Crippen LogP contribution in [0, 0.1) is 0 Å². The zero-order chi connectivity index (χ0) is 12.8. The molecule has 0 radical (unpaired) electrons. The van der Waals surface area contributed by atoms with E-state index >= 15 is 0 Å². The molecule has 17 heavy (non-hydrogen) atoms. The van der Waals surface area contributed by atoms with Gasteiger partial charge in [-0.3, -0.25) is 4.21 Å². The standard InChI is InChI=1S/C10H15N3O3S/c1-7(4-6-17(2)16)12-9-8(10(14)15)3-5-11-13-9/h3,5,7H,4,6H2,1-2H3,(H,12,13)(H,14,15). The molecule has 0 fully saturated rings. The third kappa shape index (κ3) is 4.48. The van der Waals surface area contributed by atoms with E-state index in [-0.39, 0.29) is 17.4 Å². The zero-order valence-corrected chi connectivity index (χ0v) is 10.5. The smallest absolute Gasteiger partial charge is 0.339 e. The average molecular weight is 257 g/mol. The molecule has 0 saturated heterocycles. The average Bonchev–Trinajstić information content (AvgIpc) is 2.27. The van der Waals surface area contributed by atoms with Crippen molar-refractivity contribution in [3.05, 3.63) is 17.8 Å². The Labute approximate surface area is 102 Å². The first-order valence-electron chi connectivity index (χ1n) is 5.12. The minimum absolute atomic E-state index is 0.00583. The number of nitrogens with one attached hydrogen (secondary N) is 1. The topological polar surface area (TPSA) is 92.2 Å². The first kappa shape index (κ1) is 13.6. The maximum Gasteiger partial charge on any atom is 0.339 e.